The smallest absolute Gasteiger partial charge is 0.251 e. The molecule has 0 radical (unpaired) electrons. The van der Waals surface area contributed by atoms with Gasteiger partial charge in [0.15, 0.2) is 0 Å². The summed E-state index contributed by atoms with van der Waals surface area (Å²) in [6, 6.07) is 7.77. The minimum absolute atomic E-state index is 0.0449. The predicted molar refractivity (Wildman–Crippen MR) is 80.6 cm³/mol. The third-order valence-corrected chi connectivity index (χ3v) is 4.70. The van der Waals surface area contributed by atoms with E-state index in [1.807, 2.05) is 30.5 Å². The largest absolute Gasteiger partial charge is 0.351 e. The minimum atomic E-state index is 0.0449. The maximum absolute atomic E-state index is 12.0. The van der Waals surface area contributed by atoms with Crippen molar-refractivity contribution in [2.24, 2.45) is 5.41 Å². The lowest BCUT2D eigenvalue weighted by molar-refractivity contribution is 0.0944. The molecule has 1 aliphatic carbocycles. The van der Waals surface area contributed by atoms with Crippen LogP contribution in [0.2, 0.25) is 0 Å². The van der Waals surface area contributed by atoms with Crippen LogP contribution in [-0.4, -0.2) is 24.0 Å². The molecular weight excluding hydrogens is 310 g/mol. The van der Waals surface area contributed by atoms with Crippen LogP contribution < -0.4 is 5.32 Å². The molecule has 1 amide bonds. The van der Waals surface area contributed by atoms with Gasteiger partial charge in [0.25, 0.3) is 5.91 Å². The first kappa shape index (κ1) is 13.9. The molecule has 2 nitrogen and oxygen atoms in total. The number of thioether (sulfide) groups is 1. The number of benzene rings is 1. The van der Waals surface area contributed by atoms with Crippen molar-refractivity contribution in [3.63, 3.8) is 0 Å². The van der Waals surface area contributed by atoms with Gasteiger partial charge in [-0.2, -0.15) is 0 Å². The second-order valence-electron chi connectivity index (χ2n) is 4.85. The molecule has 1 saturated carbocycles. The highest BCUT2D eigenvalue weighted by atomic mass is 79.9. The molecule has 0 atom stereocenters. The van der Waals surface area contributed by atoms with Gasteiger partial charge in [0, 0.05) is 22.3 Å². The van der Waals surface area contributed by atoms with Gasteiger partial charge < -0.3 is 5.32 Å². The van der Waals surface area contributed by atoms with Gasteiger partial charge in [-0.1, -0.05) is 15.9 Å². The molecule has 1 fully saturated rings. The van der Waals surface area contributed by atoms with Crippen LogP contribution in [0.1, 0.15) is 29.6 Å². The second kappa shape index (κ2) is 6.11. The lowest BCUT2D eigenvalue weighted by Crippen LogP contribution is -2.30. The molecule has 0 heterocycles. The Morgan fingerprint density at radius 1 is 1.39 bits per heavy atom. The molecule has 0 spiro atoms. The fraction of sp³-hybridized carbons (Fsp3) is 0.500. The van der Waals surface area contributed by atoms with Crippen LogP contribution in [-0.2, 0) is 0 Å². The Labute approximate surface area is 121 Å². The fourth-order valence-corrected chi connectivity index (χ4v) is 3.25. The first-order valence-electron chi connectivity index (χ1n) is 6.17. The Morgan fingerprint density at radius 2 is 2.06 bits per heavy atom. The zero-order valence-corrected chi connectivity index (χ0v) is 12.9. The van der Waals surface area contributed by atoms with E-state index in [4.69, 9.17) is 0 Å². The quantitative estimate of drug-likeness (QED) is 0.637. The molecule has 18 heavy (non-hydrogen) atoms. The summed E-state index contributed by atoms with van der Waals surface area (Å²) in [5, 5.41) is 4.08. The molecule has 2 rings (SSSR count). The average Bonchev–Trinajstić information content (AvgIpc) is 3.17. The molecule has 0 saturated heterocycles. The molecule has 0 aliphatic heterocycles. The van der Waals surface area contributed by atoms with Crippen molar-refractivity contribution in [3.05, 3.63) is 29.8 Å². The Kier molecular flexibility index (Phi) is 4.73. The zero-order chi connectivity index (χ0) is 13.0. The van der Waals surface area contributed by atoms with Gasteiger partial charge >= 0.3 is 0 Å². The van der Waals surface area contributed by atoms with Gasteiger partial charge in [-0.25, -0.2) is 0 Å². The first-order chi connectivity index (χ1) is 8.69. The Morgan fingerprint density at radius 3 is 2.56 bits per heavy atom. The van der Waals surface area contributed by atoms with E-state index in [0.29, 0.717) is 5.41 Å². The molecule has 0 aromatic heterocycles. The van der Waals surface area contributed by atoms with Gasteiger partial charge in [-0.15, -0.1) is 11.8 Å². The fourth-order valence-electron chi connectivity index (χ4n) is 2.00. The second-order valence-corrected chi connectivity index (χ2v) is 6.52. The minimum Gasteiger partial charge on any atom is -0.351 e. The van der Waals surface area contributed by atoms with Crippen LogP contribution in [0, 0.1) is 5.41 Å². The van der Waals surface area contributed by atoms with Crippen molar-refractivity contribution >= 4 is 33.6 Å². The normalized spacial score (nSPS) is 16.3. The number of hydrogen-bond donors (Lipinski definition) is 1. The molecule has 1 aromatic carbocycles. The van der Waals surface area contributed by atoms with Crippen molar-refractivity contribution in [3.8, 4) is 0 Å². The van der Waals surface area contributed by atoms with Crippen molar-refractivity contribution in [2.45, 2.75) is 24.2 Å². The lowest BCUT2D eigenvalue weighted by Gasteiger charge is -2.14. The van der Waals surface area contributed by atoms with Crippen LogP contribution in [0.25, 0.3) is 0 Å². The highest BCUT2D eigenvalue weighted by molar-refractivity contribution is 9.09. The Hall–Kier alpha value is -0.480. The van der Waals surface area contributed by atoms with Crippen molar-refractivity contribution < 1.29 is 4.79 Å². The molecular formula is C14H18BrNOS. The van der Waals surface area contributed by atoms with Crippen LogP contribution in [0.4, 0.5) is 0 Å². The highest BCUT2D eigenvalue weighted by Crippen LogP contribution is 2.48. The number of alkyl halides is 1. The molecule has 1 aromatic rings. The van der Waals surface area contributed by atoms with E-state index in [1.54, 1.807) is 11.8 Å². The summed E-state index contributed by atoms with van der Waals surface area (Å²) in [7, 11) is 0. The van der Waals surface area contributed by atoms with Crippen molar-refractivity contribution in [1.82, 2.24) is 5.32 Å². The number of carbonyl (C=O) groups excluding carboxylic acids is 1. The number of nitrogens with one attached hydrogen (secondary N) is 1. The van der Waals surface area contributed by atoms with E-state index in [9.17, 15) is 4.79 Å². The Bertz CT molecular complexity index is 414. The van der Waals surface area contributed by atoms with Crippen LogP contribution in [0.3, 0.4) is 0 Å². The SMILES string of the molecule is CSc1ccc(C(=O)NCC2(CCBr)CC2)cc1. The lowest BCUT2D eigenvalue weighted by atomic mass is 10.0. The highest BCUT2D eigenvalue weighted by Gasteiger charge is 2.41. The monoisotopic (exact) mass is 327 g/mol. The number of carbonyl (C=O) groups is 1. The average molecular weight is 328 g/mol. The van der Waals surface area contributed by atoms with Crippen molar-refractivity contribution in [1.29, 1.82) is 0 Å². The Balaban J connectivity index is 1.87. The van der Waals surface area contributed by atoms with Crippen LogP contribution >= 0.6 is 27.7 Å². The summed E-state index contributed by atoms with van der Waals surface area (Å²) in [5.74, 6) is 0.0449. The molecule has 98 valence electrons. The van der Waals surface area contributed by atoms with E-state index >= 15 is 0 Å². The van der Waals surface area contributed by atoms with Crippen molar-refractivity contribution in [2.75, 3.05) is 18.1 Å². The topological polar surface area (TPSA) is 29.1 Å². The number of halogens is 1. The summed E-state index contributed by atoms with van der Waals surface area (Å²) in [4.78, 5) is 13.2. The summed E-state index contributed by atoms with van der Waals surface area (Å²) in [6.07, 6.45) is 5.67. The third kappa shape index (κ3) is 3.51. The standard InChI is InChI=1S/C14H18BrNOS/c1-18-12-4-2-11(3-5-12)13(17)16-10-14(6-7-14)8-9-15/h2-5H,6-10H2,1H3,(H,16,17). The number of hydrogen-bond acceptors (Lipinski definition) is 2. The maximum Gasteiger partial charge on any atom is 0.251 e. The molecule has 4 heteroatoms. The molecule has 0 bridgehead atoms. The van der Waals surface area contributed by atoms with Gasteiger partial charge in [-0.05, 0) is 55.2 Å². The first-order valence-corrected chi connectivity index (χ1v) is 8.52. The van der Waals surface area contributed by atoms with E-state index < -0.39 is 0 Å². The van der Waals surface area contributed by atoms with Crippen LogP contribution in [0.15, 0.2) is 29.2 Å². The van der Waals surface area contributed by atoms with Crippen LogP contribution in [0.5, 0.6) is 0 Å². The molecule has 1 aliphatic rings. The summed E-state index contributed by atoms with van der Waals surface area (Å²) >= 11 is 5.16. The molecule has 1 N–H and O–H groups in total. The van der Waals surface area contributed by atoms with Gasteiger partial charge in [0.05, 0.1) is 0 Å². The number of rotatable bonds is 6. The summed E-state index contributed by atoms with van der Waals surface area (Å²) < 4.78 is 0. The van der Waals surface area contributed by atoms with Gasteiger partial charge in [-0.3, -0.25) is 4.79 Å². The zero-order valence-electron chi connectivity index (χ0n) is 10.5. The van der Waals surface area contributed by atoms with E-state index in [1.165, 1.54) is 17.7 Å². The van der Waals surface area contributed by atoms with E-state index in [-0.39, 0.29) is 5.91 Å². The summed E-state index contributed by atoms with van der Waals surface area (Å²) in [5.41, 5.74) is 1.13. The van der Waals surface area contributed by atoms with E-state index in [0.717, 1.165) is 23.9 Å². The maximum atomic E-state index is 12.0. The van der Waals surface area contributed by atoms with Gasteiger partial charge in [0.1, 0.15) is 0 Å². The van der Waals surface area contributed by atoms with E-state index in [2.05, 4.69) is 21.2 Å². The summed E-state index contributed by atoms with van der Waals surface area (Å²) in [6.45, 7) is 0.807. The van der Waals surface area contributed by atoms with Gasteiger partial charge in [0.2, 0.25) is 0 Å². The molecule has 0 unspecified atom stereocenters. The predicted octanol–water partition coefficient (Wildman–Crippen LogP) is 3.70. The third-order valence-electron chi connectivity index (χ3n) is 3.56. The number of amides is 1.